The van der Waals surface area contributed by atoms with Gasteiger partial charge in [-0.25, -0.2) is 0 Å². The van der Waals surface area contributed by atoms with Crippen LogP contribution in [0.2, 0.25) is 0 Å². The highest BCUT2D eigenvalue weighted by Gasteiger charge is 2.22. The molecule has 4 nitrogen and oxygen atoms in total. The number of aromatic nitrogens is 2. The molecule has 2 heterocycles. The first kappa shape index (κ1) is 12.5. The molecule has 1 aromatic heterocycles. The fourth-order valence-corrected chi connectivity index (χ4v) is 2.23. The van der Waals surface area contributed by atoms with Crippen LogP contribution in [0.5, 0.6) is 0 Å². The van der Waals surface area contributed by atoms with Crippen LogP contribution < -0.4 is 5.32 Å². The van der Waals surface area contributed by atoms with E-state index in [1.807, 2.05) is 19.3 Å². The van der Waals surface area contributed by atoms with Crippen LogP contribution in [0.25, 0.3) is 0 Å². The summed E-state index contributed by atoms with van der Waals surface area (Å²) in [6, 6.07) is 1.29. The van der Waals surface area contributed by atoms with Gasteiger partial charge < -0.3 is 10.2 Å². The fourth-order valence-electron chi connectivity index (χ4n) is 2.23. The molecule has 0 saturated carbocycles. The number of piperidine rings is 1. The Kier molecular flexibility index (Phi) is 4.07. The topological polar surface area (TPSA) is 41.1 Å². The van der Waals surface area contributed by atoms with Crippen LogP contribution in [0.4, 0.5) is 0 Å². The van der Waals surface area contributed by atoms with Crippen molar-refractivity contribution in [2.24, 2.45) is 0 Å². The first-order valence-electron chi connectivity index (χ1n) is 6.36. The lowest BCUT2D eigenvalue weighted by molar-refractivity contribution is 0.168. The van der Waals surface area contributed by atoms with E-state index in [0.717, 1.165) is 17.9 Å². The average molecular weight is 234 g/mol. The van der Waals surface area contributed by atoms with Gasteiger partial charge in [-0.1, -0.05) is 0 Å². The largest absolute Gasteiger partial charge is 0.308 e. The molecule has 17 heavy (non-hydrogen) atoms. The van der Waals surface area contributed by atoms with Gasteiger partial charge in [0, 0.05) is 31.0 Å². The number of nitrogens with zero attached hydrogens (tertiary/aromatic N) is 3. The molecule has 2 rings (SSSR count). The van der Waals surface area contributed by atoms with E-state index in [0.29, 0.717) is 12.1 Å². The van der Waals surface area contributed by atoms with Crippen LogP contribution in [0, 0.1) is 6.92 Å². The molecule has 0 spiro atoms. The van der Waals surface area contributed by atoms with Crippen molar-refractivity contribution in [3.8, 4) is 0 Å². The van der Waals surface area contributed by atoms with Crippen molar-refractivity contribution in [3.63, 3.8) is 0 Å². The van der Waals surface area contributed by atoms with Gasteiger partial charge in [0.15, 0.2) is 0 Å². The van der Waals surface area contributed by atoms with E-state index in [9.17, 15) is 0 Å². The monoisotopic (exact) mass is 234 g/mol. The van der Waals surface area contributed by atoms with E-state index in [1.54, 1.807) is 0 Å². The Hall–Kier alpha value is -1.00. The summed E-state index contributed by atoms with van der Waals surface area (Å²) in [7, 11) is 2.20. The minimum Gasteiger partial charge on any atom is -0.308 e. The number of nitrogens with one attached hydrogen (secondary N) is 1. The van der Waals surface area contributed by atoms with E-state index < -0.39 is 0 Å². The number of hydrogen-bond acceptors (Lipinski definition) is 4. The Morgan fingerprint density at radius 2 is 2.24 bits per heavy atom. The Balaban J connectivity index is 1.80. The van der Waals surface area contributed by atoms with Crippen molar-refractivity contribution in [1.82, 2.24) is 20.2 Å². The third kappa shape index (κ3) is 3.48. The van der Waals surface area contributed by atoms with E-state index in [1.165, 1.54) is 19.4 Å². The molecule has 0 aromatic carbocycles. The van der Waals surface area contributed by atoms with Gasteiger partial charge in [-0.3, -0.25) is 9.97 Å². The zero-order valence-corrected chi connectivity index (χ0v) is 11.0. The minimum atomic E-state index is 0.615. The van der Waals surface area contributed by atoms with Crippen LogP contribution in [0.1, 0.15) is 31.2 Å². The van der Waals surface area contributed by atoms with Crippen molar-refractivity contribution >= 4 is 0 Å². The van der Waals surface area contributed by atoms with Crippen molar-refractivity contribution < 1.29 is 0 Å². The third-order valence-electron chi connectivity index (χ3n) is 3.61. The zero-order valence-electron chi connectivity index (χ0n) is 11.0. The first-order chi connectivity index (χ1) is 8.15. The molecular formula is C13H22N4. The summed E-state index contributed by atoms with van der Waals surface area (Å²) in [6.07, 6.45) is 6.13. The molecule has 1 saturated heterocycles. The highest BCUT2D eigenvalue weighted by Crippen LogP contribution is 2.15. The molecule has 0 radical (unpaired) electrons. The van der Waals surface area contributed by atoms with Gasteiger partial charge in [-0.05, 0) is 40.3 Å². The molecular weight excluding hydrogens is 212 g/mol. The molecule has 1 aromatic rings. The smallest absolute Gasteiger partial charge is 0.0724 e. The Morgan fingerprint density at radius 1 is 1.41 bits per heavy atom. The normalized spacial score (nSPS) is 26.1. The van der Waals surface area contributed by atoms with Crippen LogP contribution in [0.15, 0.2) is 12.4 Å². The van der Waals surface area contributed by atoms with Crippen molar-refractivity contribution in [2.75, 3.05) is 13.6 Å². The van der Waals surface area contributed by atoms with Gasteiger partial charge in [0.25, 0.3) is 0 Å². The molecule has 2 unspecified atom stereocenters. The summed E-state index contributed by atoms with van der Waals surface area (Å²) in [5.41, 5.74) is 2.00. The third-order valence-corrected chi connectivity index (χ3v) is 3.61. The van der Waals surface area contributed by atoms with Crippen molar-refractivity contribution in [1.29, 1.82) is 0 Å². The molecule has 1 N–H and O–H groups in total. The molecule has 0 aliphatic carbocycles. The highest BCUT2D eigenvalue weighted by molar-refractivity contribution is 5.00. The lowest BCUT2D eigenvalue weighted by atomic mass is 9.99. The van der Waals surface area contributed by atoms with E-state index >= 15 is 0 Å². The summed E-state index contributed by atoms with van der Waals surface area (Å²) in [5, 5.41) is 3.58. The van der Waals surface area contributed by atoms with E-state index in [-0.39, 0.29) is 0 Å². The Labute approximate surface area is 103 Å². The van der Waals surface area contributed by atoms with Gasteiger partial charge in [-0.2, -0.15) is 0 Å². The minimum absolute atomic E-state index is 0.615. The quantitative estimate of drug-likeness (QED) is 0.857. The van der Waals surface area contributed by atoms with Crippen molar-refractivity contribution in [3.05, 3.63) is 23.8 Å². The predicted molar refractivity (Wildman–Crippen MR) is 68.7 cm³/mol. The second-order valence-corrected chi connectivity index (χ2v) is 5.08. The number of likely N-dealkylation sites (tertiary alicyclic amines) is 1. The average Bonchev–Trinajstić information content (AvgIpc) is 2.33. The summed E-state index contributed by atoms with van der Waals surface area (Å²) < 4.78 is 0. The summed E-state index contributed by atoms with van der Waals surface area (Å²) in [5.74, 6) is 0. The second-order valence-electron chi connectivity index (χ2n) is 5.08. The van der Waals surface area contributed by atoms with Crippen molar-refractivity contribution in [2.45, 2.75) is 45.3 Å². The molecule has 1 fully saturated rings. The van der Waals surface area contributed by atoms with Gasteiger partial charge >= 0.3 is 0 Å². The highest BCUT2D eigenvalue weighted by atomic mass is 15.1. The maximum atomic E-state index is 4.36. The van der Waals surface area contributed by atoms with Crippen LogP contribution in [0.3, 0.4) is 0 Å². The number of aryl methyl sites for hydroxylation is 1. The van der Waals surface area contributed by atoms with Gasteiger partial charge in [0.1, 0.15) is 0 Å². The molecule has 4 heteroatoms. The Bertz CT molecular complexity index is 349. The molecule has 0 bridgehead atoms. The van der Waals surface area contributed by atoms with Gasteiger partial charge in [-0.15, -0.1) is 0 Å². The maximum absolute atomic E-state index is 4.36. The maximum Gasteiger partial charge on any atom is 0.0724 e. The molecule has 1 aliphatic heterocycles. The standard InChI is InChI=1S/C13H22N4/c1-10-7-15-13(8-14-10)9-16-12-4-5-17(3)11(2)6-12/h7-8,11-12,16H,4-6,9H2,1-3H3. The fraction of sp³-hybridized carbons (Fsp3) is 0.692. The Morgan fingerprint density at radius 3 is 2.88 bits per heavy atom. The van der Waals surface area contributed by atoms with Gasteiger partial charge in [0.05, 0.1) is 11.4 Å². The van der Waals surface area contributed by atoms with E-state index in [4.69, 9.17) is 0 Å². The molecule has 1 aliphatic rings. The lowest BCUT2D eigenvalue weighted by Gasteiger charge is -2.35. The summed E-state index contributed by atoms with van der Waals surface area (Å²) in [6.45, 7) is 6.26. The predicted octanol–water partition coefficient (Wildman–Crippen LogP) is 1.36. The molecule has 0 amide bonds. The zero-order chi connectivity index (χ0) is 12.3. The molecule has 2 atom stereocenters. The number of rotatable bonds is 3. The number of hydrogen-bond donors (Lipinski definition) is 1. The van der Waals surface area contributed by atoms with Crippen LogP contribution in [-0.2, 0) is 6.54 Å². The molecule has 94 valence electrons. The summed E-state index contributed by atoms with van der Waals surface area (Å²) >= 11 is 0. The van der Waals surface area contributed by atoms with E-state index in [2.05, 4.69) is 34.2 Å². The van der Waals surface area contributed by atoms with Crippen LogP contribution in [-0.4, -0.2) is 40.5 Å². The first-order valence-corrected chi connectivity index (χ1v) is 6.36. The second kappa shape index (κ2) is 5.56. The summed E-state index contributed by atoms with van der Waals surface area (Å²) in [4.78, 5) is 11.0. The SMILES string of the molecule is Cc1cnc(CNC2CCN(C)C(C)C2)cn1. The van der Waals surface area contributed by atoms with Crippen LogP contribution >= 0.6 is 0 Å². The van der Waals surface area contributed by atoms with Gasteiger partial charge in [0.2, 0.25) is 0 Å². The lowest BCUT2D eigenvalue weighted by Crippen LogP contribution is -2.45.